The molecule has 1 N–H and O–H groups in total. The molecule has 0 fully saturated rings. The molecule has 0 aliphatic heterocycles. The molecule has 1 aromatic carbocycles. The number of unbranched alkanes of at least 4 members (excludes halogenated alkanes) is 1. The molecule has 0 aliphatic carbocycles. The molecule has 18 heavy (non-hydrogen) atoms. The standard InChI is InChI=1S/C15H21ClN2/c1-2-8-17-9-3-4-10-18-11-7-13-5-6-14(16)12-15(13)18/h5-7,11-12,17H,2-4,8-10H2,1H3. The molecule has 0 aliphatic rings. The van der Waals surface area contributed by atoms with Gasteiger partial charge in [-0.3, -0.25) is 0 Å². The van der Waals surface area contributed by atoms with Crippen LogP contribution in [0, 0.1) is 0 Å². The molecular weight excluding hydrogens is 244 g/mol. The molecule has 0 radical (unpaired) electrons. The van der Waals surface area contributed by atoms with Crippen LogP contribution in [0.2, 0.25) is 5.02 Å². The molecule has 2 rings (SSSR count). The highest BCUT2D eigenvalue weighted by atomic mass is 35.5. The van der Waals surface area contributed by atoms with Crippen molar-refractivity contribution in [3.63, 3.8) is 0 Å². The van der Waals surface area contributed by atoms with Gasteiger partial charge < -0.3 is 9.88 Å². The van der Waals surface area contributed by atoms with Crippen molar-refractivity contribution in [3.05, 3.63) is 35.5 Å². The van der Waals surface area contributed by atoms with Gasteiger partial charge in [0.1, 0.15) is 0 Å². The lowest BCUT2D eigenvalue weighted by atomic mass is 10.2. The minimum atomic E-state index is 0.812. The molecule has 0 saturated carbocycles. The van der Waals surface area contributed by atoms with Gasteiger partial charge in [0.05, 0.1) is 0 Å². The number of halogens is 1. The number of hydrogen-bond donors (Lipinski definition) is 1. The topological polar surface area (TPSA) is 17.0 Å². The Morgan fingerprint density at radius 3 is 2.89 bits per heavy atom. The molecular formula is C15H21ClN2. The second-order valence-electron chi connectivity index (χ2n) is 4.67. The highest BCUT2D eigenvalue weighted by Gasteiger charge is 2.01. The van der Waals surface area contributed by atoms with Crippen LogP contribution in [0.15, 0.2) is 30.5 Å². The van der Waals surface area contributed by atoms with E-state index in [0.29, 0.717) is 0 Å². The van der Waals surface area contributed by atoms with Crippen LogP contribution in [0.4, 0.5) is 0 Å². The lowest BCUT2D eigenvalue weighted by Gasteiger charge is -2.06. The van der Waals surface area contributed by atoms with E-state index in [1.54, 1.807) is 0 Å². The first kappa shape index (κ1) is 13.4. The third kappa shape index (κ3) is 3.50. The SMILES string of the molecule is CCCNCCCCn1ccc2ccc(Cl)cc21. The number of rotatable bonds is 7. The lowest BCUT2D eigenvalue weighted by Crippen LogP contribution is -2.16. The average molecular weight is 265 g/mol. The van der Waals surface area contributed by atoms with E-state index in [1.165, 1.54) is 30.2 Å². The van der Waals surface area contributed by atoms with Gasteiger partial charge in [0.15, 0.2) is 0 Å². The third-order valence-corrected chi connectivity index (χ3v) is 3.40. The van der Waals surface area contributed by atoms with Crippen molar-refractivity contribution in [2.24, 2.45) is 0 Å². The van der Waals surface area contributed by atoms with Crippen molar-refractivity contribution in [3.8, 4) is 0 Å². The largest absolute Gasteiger partial charge is 0.347 e. The van der Waals surface area contributed by atoms with Crippen molar-refractivity contribution < 1.29 is 0 Å². The summed E-state index contributed by atoms with van der Waals surface area (Å²) in [5, 5.41) is 5.51. The van der Waals surface area contributed by atoms with Crippen LogP contribution >= 0.6 is 11.6 Å². The van der Waals surface area contributed by atoms with Crippen LogP contribution < -0.4 is 5.32 Å². The Morgan fingerprint density at radius 1 is 1.17 bits per heavy atom. The summed E-state index contributed by atoms with van der Waals surface area (Å²) in [7, 11) is 0. The highest BCUT2D eigenvalue weighted by molar-refractivity contribution is 6.31. The first-order valence-corrected chi connectivity index (χ1v) is 7.14. The molecule has 2 nitrogen and oxygen atoms in total. The Kier molecular flexibility index (Phi) is 5.09. The van der Waals surface area contributed by atoms with Gasteiger partial charge in [0.2, 0.25) is 0 Å². The minimum Gasteiger partial charge on any atom is -0.347 e. The summed E-state index contributed by atoms with van der Waals surface area (Å²) in [6, 6.07) is 8.23. The summed E-state index contributed by atoms with van der Waals surface area (Å²) in [5.41, 5.74) is 1.24. The number of hydrogen-bond acceptors (Lipinski definition) is 1. The maximum Gasteiger partial charge on any atom is 0.0495 e. The van der Waals surface area contributed by atoms with E-state index in [4.69, 9.17) is 11.6 Å². The highest BCUT2D eigenvalue weighted by Crippen LogP contribution is 2.20. The van der Waals surface area contributed by atoms with Crippen LogP contribution in [0.1, 0.15) is 26.2 Å². The quantitative estimate of drug-likeness (QED) is 0.746. The van der Waals surface area contributed by atoms with Gasteiger partial charge in [-0.05, 0) is 55.9 Å². The van der Waals surface area contributed by atoms with Crippen molar-refractivity contribution in [1.82, 2.24) is 9.88 Å². The minimum absolute atomic E-state index is 0.812. The molecule has 1 heterocycles. The fourth-order valence-corrected chi connectivity index (χ4v) is 2.35. The number of benzene rings is 1. The molecule has 0 atom stereocenters. The maximum absolute atomic E-state index is 6.04. The lowest BCUT2D eigenvalue weighted by molar-refractivity contribution is 0.575. The van der Waals surface area contributed by atoms with Crippen molar-refractivity contribution in [1.29, 1.82) is 0 Å². The number of fused-ring (bicyclic) bond motifs is 1. The van der Waals surface area contributed by atoms with Crippen LogP contribution in [0.25, 0.3) is 10.9 Å². The molecule has 0 amide bonds. The Hall–Kier alpha value is -0.990. The van der Waals surface area contributed by atoms with Crippen LogP contribution in [0.5, 0.6) is 0 Å². The fourth-order valence-electron chi connectivity index (χ4n) is 2.19. The Balaban J connectivity index is 1.86. The smallest absolute Gasteiger partial charge is 0.0495 e. The summed E-state index contributed by atoms with van der Waals surface area (Å²) in [4.78, 5) is 0. The normalized spacial score (nSPS) is 11.2. The Bertz CT molecular complexity index is 490. The zero-order chi connectivity index (χ0) is 12.8. The van der Waals surface area contributed by atoms with E-state index in [9.17, 15) is 0 Å². The summed E-state index contributed by atoms with van der Waals surface area (Å²) < 4.78 is 2.29. The van der Waals surface area contributed by atoms with Gasteiger partial charge >= 0.3 is 0 Å². The Labute approximate surface area is 114 Å². The predicted octanol–water partition coefficient (Wildman–Crippen LogP) is 4.07. The second kappa shape index (κ2) is 6.81. The number of nitrogens with zero attached hydrogens (tertiary/aromatic N) is 1. The molecule has 98 valence electrons. The first-order valence-electron chi connectivity index (χ1n) is 6.76. The predicted molar refractivity (Wildman–Crippen MR) is 79.3 cm³/mol. The average Bonchev–Trinajstić information content (AvgIpc) is 2.76. The molecule has 0 spiro atoms. The number of aromatic nitrogens is 1. The van der Waals surface area contributed by atoms with E-state index >= 15 is 0 Å². The monoisotopic (exact) mass is 264 g/mol. The van der Waals surface area contributed by atoms with E-state index in [-0.39, 0.29) is 0 Å². The van der Waals surface area contributed by atoms with Gasteiger partial charge in [0, 0.05) is 23.3 Å². The molecule has 0 bridgehead atoms. The van der Waals surface area contributed by atoms with Crippen LogP contribution in [-0.4, -0.2) is 17.7 Å². The van der Waals surface area contributed by atoms with Crippen LogP contribution in [-0.2, 0) is 6.54 Å². The van der Waals surface area contributed by atoms with E-state index in [2.05, 4.69) is 35.1 Å². The van der Waals surface area contributed by atoms with E-state index < -0.39 is 0 Å². The molecule has 0 unspecified atom stereocenters. The molecule has 0 saturated heterocycles. The maximum atomic E-state index is 6.04. The van der Waals surface area contributed by atoms with Gasteiger partial charge in [0.25, 0.3) is 0 Å². The van der Waals surface area contributed by atoms with E-state index in [1.807, 2.05) is 12.1 Å². The van der Waals surface area contributed by atoms with Crippen LogP contribution in [0.3, 0.4) is 0 Å². The molecule has 3 heteroatoms. The summed E-state index contributed by atoms with van der Waals surface area (Å²) >= 11 is 6.04. The second-order valence-corrected chi connectivity index (χ2v) is 5.11. The van der Waals surface area contributed by atoms with Crippen molar-refractivity contribution in [2.45, 2.75) is 32.7 Å². The first-order chi connectivity index (χ1) is 8.81. The van der Waals surface area contributed by atoms with Gasteiger partial charge in [-0.15, -0.1) is 0 Å². The van der Waals surface area contributed by atoms with Gasteiger partial charge in [-0.2, -0.15) is 0 Å². The van der Waals surface area contributed by atoms with Crippen molar-refractivity contribution >= 4 is 22.5 Å². The van der Waals surface area contributed by atoms with E-state index in [0.717, 1.165) is 24.7 Å². The number of aryl methyl sites for hydroxylation is 1. The molecule has 2 aromatic rings. The fraction of sp³-hybridized carbons (Fsp3) is 0.467. The van der Waals surface area contributed by atoms with Gasteiger partial charge in [-0.1, -0.05) is 24.6 Å². The zero-order valence-corrected chi connectivity index (χ0v) is 11.7. The third-order valence-electron chi connectivity index (χ3n) is 3.17. The summed E-state index contributed by atoms with van der Waals surface area (Å²) in [6.45, 7) is 5.51. The van der Waals surface area contributed by atoms with Crippen molar-refractivity contribution in [2.75, 3.05) is 13.1 Å². The number of nitrogens with one attached hydrogen (secondary N) is 1. The molecule has 1 aromatic heterocycles. The zero-order valence-electron chi connectivity index (χ0n) is 11.0. The van der Waals surface area contributed by atoms with Gasteiger partial charge in [-0.25, -0.2) is 0 Å². The summed E-state index contributed by atoms with van der Waals surface area (Å²) in [5.74, 6) is 0. The Morgan fingerprint density at radius 2 is 2.06 bits per heavy atom. The summed E-state index contributed by atoms with van der Waals surface area (Å²) in [6.07, 6.45) is 5.79.